The number of hydrogen-bond acceptors (Lipinski definition) is 2. The summed E-state index contributed by atoms with van der Waals surface area (Å²) >= 11 is 4.87. The second-order valence-corrected chi connectivity index (χ2v) is 5.33. The van der Waals surface area contributed by atoms with Gasteiger partial charge in [-0.3, -0.25) is 4.79 Å². The Morgan fingerprint density at radius 1 is 1.44 bits per heavy atom. The molecule has 4 heteroatoms. The number of hydrogen-bond donors (Lipinski definition) is 1. The van der Waals surface area contributed by atoms with Gasteiger partial charge in [0, 0.05) is 25.9 Å². The Balaban J connectivity index is 2.42. The van der Waals surface area contributed by atoms with E-state index < -0.39 is 0 Å². The van der Waals surface area contributed by atoms with Gasteiger partial charge in [-0.25, -0.2) is 0 Å². The summed E-state index contributed by atoms with van der Waals surface area (Å²) in [6, 6.07) is 0. The van der Waals surface area contributed by atoms with Crippen LogP contribution in [0.2, 0.25) is 0 Å². The highest BCUT2D eigenvalue weighted by Crippen LogP contribution is 2.20. The van der Waals surface area contributed by atoms with Gasteiger partial charge in [-0.15, -0.1) is 0 Å². The fourth-order valence-electron chi connectivity index (χ4n) is 2.24. The molecule has 1 aliphatic carbocycles. The van der Waals surface area contributed by atoms with Crippen molar-refractivity contribution in [1.29, 1.82) is 0 Å². The van der Waals surface area contributed by atoms with E-state index in [-0.39, 0.29) is 5.91 Å². The number of amides is 1. The van der Waals surface area contributed by atoms with Crippen LogP contribution in [0, 0.1) is 0 Å². The predicted octanol–water partition coefficient (Wildman–Crippen LogP) is 2.79. The highest BCUT2D eigenvalue weighted by molar-refractivity contribution is 7.80. The minimum Gasteiger partial charge on any atom is -0.393 e. The summed E-state index contributed by atoms with van der Waals surface area (Å²) in [5.74, 6) is 0.197. The molecule has 1 rings (SSSR count). The van der Waals surface area contributed by atoms with Gasteiger partial charge in [-0.05, 0) is 32.1 Å². The molecule has 0 saturated carbocycles. The molecule has 2 N–H and O–H groups in total. The summed E-state index contributed by atoms with van der Waals surface area (Å²) in [5.41, 5.74) is 7.01. The second kappa shape index (κ2) is 8.25. The maximum absolute atomic E-state index is 11.8. The summed E-state index contributed by atoms with van der Waals surface area (Å²) in [6.07, 6.45) is 9.52. The third kappa shape index (κ3) is 5.63. The van der Waals surface area contributed by atoms with E-state index in [0.717, 1.165) is 13.0 Å². The normalized spacial score (nSPS) is 15.1. The van der Waals surface area contributed by atoms with Crippen LogP contribution in [0.25, 0.3) is 0 Å². The van der Waals surface area contributed by atoms with E-state index in [1.165, 1.54) is 31.3 Å². The van der Waals surface area contributed by atoms with E-state index in [4.69, 9.17) is 18.0 Å². The summed E-state index contributed by atoms with van der Waals surface area (Å²) in [5, 5.41) is 0. The molecule has 0 aromatic carbocycles. The fourth-order valence-corrected chi connectivity index (χ4v) is 2.33. The molecular formula is C14H24N2OS. The number of carbonyl (C=O) groups is 1. The number of nitrogens with zero attached hydrogens (tertiary/aromatic N) is 1. The van der Waals surface area contributed by atoms with E-state index in [9.17, 15) is 4.79 Å². The maximum Gasteiger partial charge on any atom is 0.222 e. The lowest BCUT2D eigenvalue weighted by molar-refractivity contribution is -0.130. The first-order valence-corrected chi connectivity index (χ1v) is 7.28. The Bertz CT molecular complexity index is 326. The lowest BCUT2D eigenvalue weighted by atomic mass is 9.97. The number of thiocarbonyl (C=S) groups is 1. The minimum absolute atomic E-state index is 0.197. The summed E-state index contributed by atoms with van der Waals surface area (Å²) in [6.45, 7) is 3.37. The Morgan fingerprint density at radius 2 is 2.22 bits per heavy atom. The first-order valence-electron chi connectivity index (χ1n) is 6.87. The van der Waals surface area contributed by atoms with Gasteiger partial charge in [0.15, 0.2) is 0 Å². The standard InChI is InChI=1S/C14H24N2OS/c1-2-14(17)16(11-9-13(15)18)10-8-12-6-4-3-5-7-12/h6H,2-5,7-11H2,1H3,(H2,15,18). The van der Waals surface area contributed by atoms with Crippen molar-refractivity contribution in [2.24, 2.45) is 5.73 Å². The molecule has 0 aromatic rings. The average Bonchev–Trinajstić information content (AvgIpc) is 2.39. The molecular weight excluding hydrogens is 244 g/mol. The third-order valence-corrected chi connectivity index (χ3v) is 3.58. The monoisotopic (exact) mass is 268 g/mol. The van der Waals surface area contributed by atoms with Crippen molar-refractivity contribution in [3.63, 3.8) is 0 Å². The van der Waals surface area contributed by atoms with E-state index in [2.05, 4.69) is 6.08 Å². The van der Waals surface area contributed by atoms with Gasteiger partial charge in [0.25, 0.3) is 0 Å². The van der Waals surface area contributed by atoms with E-state index >= 15 is 0 Å². The molecule has 18 heavy (non-hydrogen) atoms. The Kier molecular flexibility index (Phi) is 6.94. The van der Waals surface area contributed by atoms with Crippen molar-refractivity contribution in [1.82, 2.24) is 4.90 Å². The lowest BCUT2D eigenvalue weighted by Crippen LogP contribution is -2.34. The van der Waals surface area contributed by atoms with Crippen LogP contribution < -0.4 is 5.73 Å². The topological polar surface area (TPSA) is 46.3 Å². The van der Waals surface area contributed by atoms with Crippen LogP contribution in [0.3, 0.4) is 0 Å². The molecule has 0 spiro atoms. The van der Waals surface area contributed by atoms with Crippen LogP contribution in [0.4, 0.5) is 0 Å². The van der Waals surface area contributed by atoms with Gasteiger partial charge < -0.3 is 10.6 Å². The second-order valence-electron chi connectivity index (χ2n) is 4.81. The van der Waals surface area contributed by atoms with Crippen molar-refractivity contribution in [3.05, 3.63) is 11.6 Å². The van der Waals surface area contributed by atoms with Gasteiger partial charge >= 0.3 is 0 Å². The van der Waals surface area contributed by atoms with Crippen LogP contribution in [-0.2, 0) is 4.79 Å². The molecule has 3 nitrogen and oxygen atoms in total. The van der Waals surface area contributed by atoms with Crippen LogP contribution in [0.5, 0.6) is 0 Å². The Hall–Kier alpha value is -0.900. The van der Waals surface area contributed by atoms with Gasteiger partial charge in [0.05, 0.1) is 4.99 Å². The average molecular weight is 268 g/mol. The number of rotatable bonds is 7. The Labute approximate surface area is 115 Å². The highest BCUT2D eigenvalue weighted by Gasteiger charge is 2.13. The van der Waals surface area contributed by atoms with E-state index in [1.807, 2.05) is 11.8 Å². The largest absolute Gasteiger partial charge is 0.393 e. The van der Waals surface area contributed by atoms with Gasteiger partial charge in [0.2, 0.25) is 5.91 Å². The molecule has 1 amide bonds. The molecule has 0 saturated heterocycles. The van der Waals surface area contributed by atoms with Crippen LogP contribution in [-0.4, -0.2) is 28.9 Å². The molecule has 0 bridgehead atoms. The maximum atomic E-state index is 11.8. The fraction of sp³-hybridized carbons (Fsp3) is 0.714. The molecule has 1 aliphatic rings. The lowest BCUT2D eigenvalue weighted by Gasteiger charge is -2.23. The zero-order valence-corrected chi connectivity index (χ0v) is 12.1. The molecule has 0 aliphatic heterocycles. The molecule has 0 heterocycles. The third-order valence-electron chi connectivity index (χ3n) is 3.37. The number of nitrogens with two attached hydrogens (primary N) is 1. The zero-order valence-electron chi connectivity index (χ0n) is 11.3. The Morgan fingerprint density at radius 3 is 2.78 bits per heavy atom. The molecule has 0 atom stereocenters. The van der Waals surface area contributed by atoms with Gasteiger partial charge in [-0.1, -0.05) is 30.8 Å². The van der Waals surface area contributed by atoms with Gasteiger partial charge in [-0.2, -0.15) is 0 Å². The van der Waals surface area contributed by atoms with Crippen LogP contribution in [0.15, 0.2) is 11.6 Å². The molecule has 0 unspecified atom stereocenters. The molecule has 0 aromatic heterocycles. The summed E-state index contributed by atoms with van der Waals surface area (Å²) < 4.78 is 0. The first kappa shape index (κ1) is 15.2. The van der Waals surface area contributed by atoms with Crippen molar-refractivity contribution in [2.45, 2.75) is 51.9 Å². The molecule has 102 valence electrons. The van der Waals surface area contributed by atoms with Crippen molar-refractivity contribution >= 4 is 23.1 Å². The highest BCUT2D eigenvalue weighted by atomic mass is 32.1. The van der Waals surface area contributed by atoms with Crippen molar-refractivity contribution in [2.75, 3.05) is 13.1 Å². The minimum atomic E-state index is 0.197. The zero-order chi connectivity index (χ0) is 13.4. The van der Waals surface area contributed by atoms with E-state index in [1.54, 1.807) is 0 Å². The van der Waals surface area contributed by atoms with Crippen LogP contribution >= 0.6 is 12.2 Å². The number of carbonyl (C=O) groups excluding carboxylic acids is 1. The first-order chi connectivity index (χ1) is 8.63. The van der Waals surface area contributed by atoms with E-state index in [0.29, 0.717) is 24.4 Å². The predicted molar refractivity (Wildman–Crippen MR) is 79.4 cm³/mol. The van der Waals surface area contributed by atoms with Crippen LogP contribution in [0.1, 0.15) is 51.9 Å². The smallest absolute Gasteiger partial charge is 0.222 e. The number of allylic oxidation sites excluding steroid dienone is 1. The quantitative estimate of drug-likeness (QED) is 0.570. The molecule has 0 radical (unpaired) electrons. The van der Waals surface area contributed by atoms with Crippen molar-refractivity contribution in [3.8, 4) is 0 Å². The van der Waals surface area contributed by atoms with Crippen molar-refractivity contribution < 1.29 is 4.79 Å². The summed E-state index contributed by atoms with van der Waals surface area (Å²) in [4.78, 5) is 14.2. The molecule has 0 fully saturated rings. The SMILES string of the molecule is CCC(=O)N(CCC(N)=S)CCC1=CCCCC1. The van der Waals surface area contributed by atoms with Gasteiger partial charge in [0.1, 0.15) is 0 Å². The summed E-state index contributed by atoms with van der Waals surface area (Å²) in [7, 11) is 0.